The second-order valence-corrected chi connectivity index (χ2v) is 5.30. The molecule has 1 unspecified atom stereocenters. The van der Waals surface area contributed by atoms with Crippen LogP contribution in [0.4, 0.5) is 0 Å². The summed E-state index contributed by atoms with van der Waals surface area (Å²) >= 11 is 0. The fourth-order valence-corrected chi connectivity index (χ4v) is 2.96. The lowest BCUT2D eigenvalue weighted by Gasteiger charge is -2.41. The number of hydrogen-bond acceptors (Lipinski definition) is 2. The first-order valence-corrected chi connectivity index (χ1v) is 6.57. The molecule has 2 rings (SSSR count). The minimum absolute atomic E-state index is 0.0628. The highest BCUT2D eigenvalue weighted by Gasteiger charge is 2.37. The van der Waals surface area contributed by atoms with E-state index in [-0.39, 0.29) is 11.6 Å². The number of benzene rings is 1. The minimum atomic E-state index is -0.0628. The SMILES string of the molecule is CCC1(CC)CC(N)c2c(C)cc(C)cc2O1. The van der Waals surface area contributed by atoms with Crippen molar-refractivity contribution < 1.29 is 4.74 Å². The number of fused-ring (bicyclic) bond motifs is 1. The van der Waals surface area contributed by atoms with Gasteiger partial charge in [-0.25, -0.2) is 0 Å². The smallest absolute Gasteiger partial charge is 0.125 e. The molecule has 17 heavy (non-hydrogen) atoms. The van der Waals surface area contributed by atoms with Crippen molar-refractivity contribution >= 4 is 0 Å². The Balaban J connectivity index is 2.49. The molecule has 1 aromatic rings. The molecule has 0 spiro atoms. The molecule has 1 aliphatic heterocycles. The van der Waals surface area contributed by atoms with Crippen molar-refractivity contribution in [2.45, 2.75) is 58.6 Å². The Hall–Kier alpha value is -1.02. The van der Waals surface area contributed by atoms with Gasteiger partial charge in [-0.15, -0.1) is 0 Å². The Labute approximate surface area is 104 Å². The Kier molecular flexibility index (Phi) is 3.17. The van der Waals surface area contributed by atoms with Crippen LogP contribution in [-0.2, 0) is 0 Å². The zero-order valence-electron chi connectivity index (χ0n) is 11.3. The molecule has 2 N–H and O–H groups in total. The standard InChI is InChI=1S/C15H23NO/c1-5-15(6-2)9-12(16)14-11(4)7-10(3)8-13(14)17-15/h7-8,12H,5-6,9,16H2,1-4H3. The average Bonchev–Trinajstić information content (AvgIpc) is 2.27. The van der Waals surface area contributed by atoms with Gasteiger partial charge in [0.15, 0.2) is 0 Å². The van der Waals surface area contributed by atoms with Crippen molar-refractivity contribution in [1.29, 1.82) is 0 Å². The number of ether oxygens (including phenoxy) is 1. The highest BCUT2D eigenvalue weighted by Crippen LogP contribution is 2.43. The topological polar surface area (TPSA) is 35.2 Å². The van der Waals surface area contributed by atoms with Crippen LogP contribution in [0.25, 0.3) is 0 Å². The highest BCUT2D eigenvalue weighted by molar-refractivity contribution is 5.46. The molecule has 0 bridgehead atoms. The molecule has 0 amide bonds. The lowest BCUT2D eigenvalue weighted by Crippen LogP contribution is -2.42. The third-order valence-corrected chi connectivity index (χ3v) is 4.07. The van der Waals surface area contributed by atoms with E-state index in [4.69, 9.17) is 10.5 Å². The lowest BCUT2D eigenvalue weighted by atomic mass is 9.82. The molecule has 1 aromatic carbocycles. The zero-order valence-corrected chi connectivity index (χ0v) is 11.3. The molecule has 1 heterocycles. The van der Waals surface area contributed by atoms with E-state index in [1.165, 1.54) is 16.7 Å². The van der Waals surface area contributed by atoms with Crippen molar-refractivity contribution in [3.63, 3.8) is 0 Å². The van der Waals surface area contributed by atoms with Gasteiger partial charge in [-0.3, -0.25) is 0 Å². The summed E-state index contributed by atoms with van der Waals surface area (Å²) in [6, 6.07) is 4.42. The van der Waals surface area contributed by atoms with Crippen LogP contribution < -0.4 is 10.5 Å². The second-order valence-electron chi connectivity index (χ2n) is 5.30. The van der Waals surface area contributed by atoms with Crippen LogP contribution in [0.15, 0.2) is 12.1 Å². The number of nitrogens with two attached hydrogens (primary N) is 1. The average molecular weight is 233 g/mol. The van der Waals surface area contributed by atoms with Gasteiger partial charge in [-0.1, -0.05) is 19.9 Å². The number of rotatable bonds is 2. The third kappa shape index (κ3) is 2.06. The maximum absolute atomic E-state index is 6.34. The summed E-state index contributed by atoms with van der Waals surface area (Å²) in [6.45, 7) is 8.60. The van der Waals surface area contributed by atoms with Crippen molar-refractivity contribution in [3.05, 3.63) is 28.8 Å². The van der Waals surface area contributed by atoms with Crippen molar-refractivity contribution in [2.75, 3.05) is 0 Å². The van der Waals surface area contributed by atoms with E-state index in [0.29, 0.717) is 0 Å². The molecular formula is C15H23NO. The van der Waals surface area contributed by atoms with Crippen LogP contribution >= 0.6 is 0 Å². The third-order valence-electron chi connectivity index (χ3n) is 4.07. The van der Waals surface area contributed by atoms with Gasteiger partial charge in [0.05, 0.1) is 0 Å². The Morgan fingerprint density at radius 3 is 2.53 bits per heavy atom. The van der Waals surface area contributed by atoms with Crippen LogP contribution in [0, 0.1) is 13.8 Å². The van der Waals surface area contributed by atoms with Crippen molar-refractivity contribution in [1.82, 2.24) is 0 Å². The maximum atomic E-state index is 6.34. The lowest BCUT2D eigenvalue weighted by molar-refractivity contribution is 0.0280. The normalized spacial score (nSPS) is 21.8. The number of aryl methyl sites for hydroxylation is 2. The predicted octanol–water partition coefficient (Wildman–Crippen LogP) is 3.64. The van der Waals surface area contributed by atoms with Crippen molar-refractivity contribution in [3.8, 4) is 5.75 Å². The first kappa shape index (κ1) is 12.4. The van der Waals surface area contributed by atoms with Gasteiger partial charge in [0.25, 0.3) is 0 Å². The first-order chi connectivity index (χ1) is 8.01. The molecule has 94 valence electrons. The molecule has 2 heteroatoms. The van der Waals surface area contributed by atoms with Crippen LogP contribution in [0.5, 0.6) is 5.75 Å². The fourth-order valence-electron chi connectivity index (χ4n) is 2.96. The Morgan fingerprint density at radius 2 is 1.94 bits per heavy atom. The Morgan fingerprint density at radius 1 is 1.29 bits per heavy atom. The van der Waals surface area contributed by atoms with Gasteiger partial charge in [-0.05, 0) is 43.9 Å². The molecule has 0 aromatic heterocycles. The van der Waals surface area contributed by atoms with E-state index in [9.17, 15) is 0 Å². The minimum Gasteiger partial charge on any atom is -0.487 e. The summed E-state index contributed by atoms with van der Waals surface area (Å²) in [5.41, 5.74) is 9.99. The summed E-state index contributed by atoms with van der Waals surface area (Å²) in [7, 11) is 0. The van der Waals surface area contributed by atoms with Gasteiger partial charge >= 0.3 is 0 Å². The Bertz CT molecular complexity index is 421. The molecule has 0 saturated heterocycles. The van der Waals surface area contributed by atoms with E-state index in [2.05, 4.69) is 39.8 Å². The number of hydrogen-bond donors (Lipinski definition) is 1. The van der Waals surface area contributed by atoms with Crippen LogP contribution in [0.2, 0.25) is 0 Å². The molecule has 0 saturated carbocycles. The van der Waals surface area contributed by atoms with E-state index >= 15 is 0 Å². The summed E-state index contributed by atoms with van der Waals surface area (Å²) in [6.07, 6.45) is 2.96. The van der Waals surface area contributed by atoms with Crippen LogP contribution in [0.1, 0.15) is 55.8 Å². The van der Waals surface area contributed by atoms with Crippen LogP contribution in [-0.4, -0.2) is 5.60 Å². The van der Waals surface area contributed by atoms with E-state index in [0.717, 1.165) is 25.0 Å². The largest absolute Gasteiger partial charge is 0.487 e. The summed E-state index contributed by atoms with van der Waals surface area (Å²) in [5, 5.41) is 0. The zero-order chi connectivity index (χ0) is 12.6. The molecular weight excluding hydrogens is 210 g/mol. The molecule has 1 aliphatic rings. The summed E-state index contributed by atoms with van der Waals surface area (Å²) in [4.78, 5) is 0. The molecule has 2 nitrogen and oxygen atoms in total. The molecule has 0 radical (unpaired) electrons. The van der Waals surface area contributed by atoms with Gasteiger partial charge < -0.3 is 10.5 Å². The van der Waals surface area contributed by atoms with E-state index in [1.54, 1.807) is 0 Å². The highest BCUT2D eigenvalue weighted by atomic mass is 16.5. The van der Waals surface area contributed by atoms with Gasteiger partial charge in [-0.2, -0.15) is 0 Å². The fraction of sp³-hybridized carbons (Fsp3) is 0.600. The van der Waals surface area contributed by atoms with Gasteiger partial charge in [0.1, 0.15) is 11.4 Å². The maximum Gasteiger partial charge on any atom is 0.125 e. The molecule has 0 fully saturated rings. The molecule has 0 aliphatic carbocycles. The van der Waals surface area contributed by atoms with E-state index < -0.39 is 0 Å². The summed E-state index contributed by atoms with van der Waals surface area (Å²) < 4.78 is 6.27. The van der Waals surface area contributed by atoms with Gasteiger partial charge in [0, 0.05) is 18.0 Å². The monoisotopic (exact) mass is 233 g/mol. The second kappa shape index (κ2) is 4.34. The van der Waals surface area contributed by atoms with Crippen molar-refractivity contribution in [2.24, 2.45) is 5.73 Å². The van der Waals surface area contributed by atoms with Gasteiger partial charge in [0.2, 0.25) is 0 Å². The van der Waals surface area contributed by atoms with Crippen LogP contribution in [0.3, 0.4) is 0 Å². The quantitative estimate of drug-likeness (QED) is 0.846. The summed E-state index contributed by atoms with van der Waals surface area (Å²) in [5.74, 6) is 1.00. The first-order valence-electron chi connectivity index (χ1n) is 6.57. The van der Waals surface area contributed by atoms with E-state index in [1.807, 2.05) is 0 Å². The molecule has 1 atom stereocenters. The predicted molar refractivity (Wildman–Crippen MR) is 71.4 cm³/mol.